The molecule has 0 aromatic heterocycles. The molecule has 0 aliphatic heterocycles. The number of aliphatic hydroxyl groups is 1. The van der Waals surface area contributed by atoms with E-state index < -0.39 is 5.60 Å². The summed E-state index contributed by atoms with van der Waals surface area (Å²) in [4.78, 5) is 0. The van der Waals surface area contributed by atoms with Crippen molar-refractivity contribution in [3.63, 3.8) is 0 Å². The van der Waals surface area contributed by atoms with E-state index >= 15 is 0 Å². The fourth-order valence-electron chi connectivity index (χ4n) is 2.18. The summed E-state index contributed by atoms with van der Waals surface area (Å²) in [6.45, 7) is 0.239. The van der Waals surface area contributed by atoms with Crippen molar-refractivity contribution in [1.82, 2.24) is 0 Å². The molecule has 19 heavy (non-hydrogen) atoms. The number of benzene rings is 2. The van der Waals surface area contributed by atoms with Crippen LogP contribution in [-0.4, -0.2) is 17.3 Å². The Kier molecular flexibility index (Phi) is 4.75. The van der Waals surface area contributed by atoms with Crippen LogP contribution in [-0.2, 0) is 12.8 Å². The van der Waals surface area contributed by atoms with Crippen molar-refractivity contribution in [1.29, 1.82) is 0 Å². The van der Waals surface area contributed by atoms with Gasteiger partial charge in [-0.15, -0.1) is 0 Å². The fourth-order valence-corrected chi connectivity index (χ4v) is 2.60. The Bertz CT molecular complexity index is 529. The highest BCUT2D eigenvalue weighted by molar-refractivity contribution is 9.10. The average molecular weight is 320 g/mol. The highest BCUT2D eigenvalue weighted by atomic mass is 79.9. The zero-order chi connectivity index (χ0) is 13.7. The molecule has 0 aliphatic carbocycles. The number of rotatable bonds is 5. The van der Waals surface area contributed by atoms with Crippen LogP contribution in [0.15, 0.2) is 59.1 Å². The number of nitrogens with two attached hydrogens (primary N) is 1. The molecule has 0 fully saturated rings. The Morgan fingerprint density at radius 2 is 1.58 bits per heavy atom. The van der Waals surface area contributed by atoms with Crippen LogP contribution in [0.25, 0.3) is 0 Å². The monoisotopic (exact) mass is 319 g/mol. The smallest absolute Gasteiger partial charge is 0.0849 e. The molecular weight excluding hydrogens is 302 g/mol. The zero-order valence-electron chi connectivity index (χ0n) is 10.7. The molecule has 0 heterocycles. The van der Waals surface area contributed by atoms with Gasteiger partial charge in [-0.2, -0.15) is 0 Å². The van der Waals surface area contributed by atoms with Crippen LogP contribution in [0.5, 0.6) is 0 Å². The zero-order valence-corrected chi connectivity index (χ0v) is 12.3. The van der Waals surface area contributed by atoms with Gasteiger partial charge in [0.25, 0.3) is 0 Å². The Morgan fingerprint density at radius 1 is 0.947 bits per heavy atom. The Labute approximate surface area is 122 Å². The number of hydrogen-bond acceptors (Lipinski definition) is 2. The molecule has 0 bridgehead atoms. The van der Waals surface area contributed by atoms with E-state index in [0.29, 0.717) is 12.8 Å². The van der Waals surface area contributed by atoms with Gasteiger partial charge in [0.2, 0.25) is 0 Å². The second-order valence-electron chi connectivity index (χ2n) is 4.86. The van der Waals surface area contributed by atoms with Gasteiger partial charge in [0.15, 0.2) is 0 Å². The minimum absolute atomic E-state index is 0.239. The first kappa shape index (κ1) is 14.3. The third-order valence-electron chi connectivity index (χ3n) is 3.23. The van der Waals surface area contributed by atoms with Gasteiger partial charge in [-0.05, 0) is 17.2 Å². The van der Waals surface area contributed by atoms with E-state index in [-0.39, 0.29) is 6.54 Å². The van der Waals surface area contributed by atoms with Crippen molar-refractivity contribution in [3.05, 3.63) is 70.2 Å². The summed E-state index contributed by atoms with van der Waals surface area (Å²) < 4.78 is 1.01. The first-order valence-electron chi connectivity index (χ1n) is 6.33. The predicted molar refractivity (Wildman–Crippen MR) is 82.0 cm³/mol. The summed E-state index contributed by atoms with van der Waals surface area (Å²) in [6.07, 6.45) is 1.10. The minimum atomic E-state index is -0.911. The number of hydrogen-bond donors (Lipinski definition) is 2. The van der Waals surface area contributed by atoms with Gasteiger partial charge in [0, 0.05) is 23.9 Å². The molecule has 2 nitrogen and oxygen atoms in total. The van der Waals surface area contributed by atoms with E-state index in [0.717, 1.165) is 15.6 Å². The van der Waals surface area contributed by atoms with E-state index in [1.54, 1.807) is 0 Å². The van der Waals surface area contributed by atoms with Crippen LogP contribution in [0, 0.1) is 0 Å². The molecule has 3 N–H and O–H groups in total. The van der Waals surface area contributed by atoms with Crippen molar-refractivity contribution in [2.24, 2.45) is 5.73 Å². The Balaban J connectivity index is 2.17. The molecule has 3 heteroatoms. The van der Waals surface area contributed by atoms with E-state index in [1.165, 1.54) is 0 Å². The molecule has 2 aromatic rings. The van der Waals surface area contributed by atoms with Crippen molar-refractivity contribution < 1.29 is 5.11 Å². The predicted octanol–water partition coefficient (Wildman–Crippen LogP) is 2.92. The lowest BCUT2D eigenvalue weighted by Gasteiger charge is -2.27. The van der Waals surface area contributed by atoms with Gasteiger partial charge in [-0.3, -0.25) is 0 Å². The average Bonchev–Trinajstić information content (AvgIpc) is 2.42. The standard InChI is InChI=1S/C16H18BrNO/c17-15-9-5-4-8-14(15)11-16(19,12-18)10-13-6-2-1-3-7-13/h1-9,19H,10-12,18H2/t16-/m0/s1. The van der Waals surface area contributed by atoms with Crippen LogP contribution in [0.3, 0.4) is 0 Å². The van der Waals surface area contributed by atoms with Gasteiger partial charge < -0.3 is 10.8 Å². The molecular formula is C16H18BrNO. The summed E-state index contributed by atoms with van der Waals surface area (Å²) in [5, 5.41) is 10.7. The lowest BCUT2D eigenvalue weighted by Crippen LogP contribution is -2.42. The van der Waals surface area contributed by atoms with E-state index in [9.17, 15) is 5.11 Å². The molecule has 0 aliphatic rings. The lowest BCUT2D eigenvalue weighted by molar-refractivity contribution is 0.0497. The second-order valence-corrected chi connectivity index (χ2v) is 5.71. The Hall–Kier alpha value is -1.16. The first-order valence-corrected chi connectivity index (χ1v) is 7.12. The summed E-state index contributed by atoms with van der Waals surface area (Å²) in [7, 11) is 0. The van der Waals surface area contributed by atoms with Crippen molar-refractivity contribution >= 4 is 15.9 Å². The third kappa shape index (κ3) is 3.90. The highest BCUT2D eigenvalue weighted by Crippen LogP contribution is 2.23. The molecule has 0 amide bonds. The van der Waals surface area contributed by atoms with Crippen LogP contribution in [0.1, 0.15) is 11.1 Å². The SMILES string of the molecule is NC[C@](O)(Cc1ccccc1)Cc1ccccc1Br. The normalized spacial score (nSPS) is 14.1. The highest BCUT2D eigenvalue weighted by Gasteiger charge is 2.26. The Morgan fingerprint density at radius 3 is 2.21 bits per heavy atom. The largest absolute Gasteiger partial charge is 0.388 e. The fraction of sp³-hybridized carbons (Fsp3) is 0.250. The summed E-state index contributed by atoms with van der Waals surface area (Å²) >= 11 is 3.51. The summed E-state index contributed by atoms with van der Waals surface area (Å²) in [5.41, 5.74) is 7.05. The first-order chi connectivity index (χ1) is 9.13. The summed E-state index contributed by atoms with van der Waals surface area (Å²) in [6, 6.07) is 17.9. The van der Waals surface area contributed by atoms with Gasteiger partial charge in [0.1, 0.15) is 0 Å². The molecule has 0 radical (unpaired) electrons. The molecule has 100 valence electrons. The summed E-state index contributed by atoms with van der Waals surface area (Å²) in [5.74, 6) is 0. The molecule has 2 aromatic carbocycles. The maximum absolute atomic E-state index is 10.7. The maximum atomic E-state index is 10.7. The van der Waals surface area contributed by atoms with E-state index in [1.807, 2.05) is 54.6 Å². The van der Waals surface area contributed by atoms with Gasteiger partial charge in [-0.1, -0.05) is 64.5 Å². The van der Waals surface area contributed by atoms with E-state index in [4.69, 9.17) is 5.73 Å². The molecule has 2 rings (SSSR count). The third-order valence-corrected chi connectivity index (χ3v) is 4.01. The number of halogens is 1. The van der Waals surface area contributed by atoms with E-state index in [2.05, 4.69) is 15.9 Å². The van der Waals surface area contributed by atoms with Crippen molar-refractivity contribution in [2.75, 3.05) is 6.54 Å². The van der Waals surface area contributed by atoms with Crippen LogP contribution in [0.4, 0.5) is 0 Å². The van der Waals surface area contributed by atoms with Crippen LogP contribution >= 0.6 is 15.9 Å². The van der Waals surface area contributed by atoms with Crippen LogP contribution in [0.2, 0.25) is 0 Å². The van der Waals surface area contributed by atoms with Gasteiger partial charge >= 0.3 is 0 Å². The van der Waals surface area contributed by atoms with Gasteiger partial charge in [-0.25, -0.2) is 0 Å². The minimum Gasteiger partial charge on any atom is -0.388 e. The quantitative estimate of drug-likeness (QED) is 0.890. The molecule has 1 atom stereocenters. The second kappa shape index (κ2) is 6.33. The molecule has 0 saturated carbocycles. The maximum Gasteiger partial charge on any atom is 0.0849 e. The molecule has 0 unspecified atom stereocenters. The molecule has 0 saturated heterocycles. The van der Waals surface area contributed by atoms with Gasteiger partial charge in [0.05, 0.1) is 5.60 Å². The van der Waals surface area contributed by atoms with Crippen molar-refractivity contribution in [2.45, 2.75) is 18.4 Å². The van der Waals surface area contributed by atoms with Crippen molar-refractivity contribution in [3.8, 4) is 0 Å². The topological polar surface area (TPSA) is 46.2 Å². The van der Waals surface area contributed by atoms with Crippen LogP contribution < -0.4 is 5.73 Å². The molecule has 0 spiro atoms. The lowest BCUT2D eigenvalue weighted by atomic mass is 9.88.